The maximum absolute atomic E-state index is 5.56. The average Bonchev–Trinajstić information content (AvgIpc) is 3.06. The molecule has 2 atom stereocenters. The maximum atomic E-state index is 5.56. The van der Waals surface area contributed by atoms with Crippen LogP contribution in [0.1, 0.15) is 52.5 Å². The van der Waals surface area contributed by atoms with Crippen molar-refractivity contribution in [2.75, 3.05) is 14.2 Å². The molecule has 1 aliphatic heterocycles. The Hall–Kier alpha value is -1.81. The van der Waals surface area contributed by atoms with Gasteiger partial charge >= 0.3 is 0 Å². The summed E-state index contributed by atoms with van der Waals surface area (Å²) >= 11 is 1.82. The van der Waals surface area contributed by atoms with Crippen LogP contribution in [0.15, 0.2) is 29.3 Å². The molecule has 3 nitrogen and oxygen atoms in total. The van der Waals surface area contributed by atoms with Crippen LogP contribution in [0.2, 0.25) is 0 Å². The largest absolute Gasteiger partial charge is 0.493 e. The lowest BCUT2D eigenvalue weighted by Crippen LogP contribution is -2.29. The van der Waals surface area contributed by atoms with Gasteiger partial charge in [0.15, 0.2) is 11.5 Å². The Morgan fingerprint density at radius 2 is 1.79 bits per heavy atom. The fourth-order valence-corrected chi connectivity index (χ4v) is 4.91. The Balaban J connectivity index is 1.91. The first-order chi connectivity index (χ1) is 11.7. The number of aliphatic imine (C=N–C) groups is 1. The highest BCUT2D eigenvalue weighted by atomic mass is 32.1. The molecule has 2 aliphatic rings. The van der Waals surface area contributed by atoms with Crippen LogP contribution in [-0.4, -0.2) is 26.0 Å². The Bertz CT molecular complexity index is 793. The number of benzene rings is 1. The number of ether oxygens (including phenoxy) is 2. The number of rotatable bonds is 3. The molecule has 0 spiro atoms. The number of methoxy groups -OCH3 is 2. The molecule has 0 N–H and O–H groups in total. The number of thiophene rings is 1. The van der Waals surface area contributed by atoms with E-state index in [1.807, 2.05) is 11.3 Å². The molecule has 0 amide bonds. The summed E-state index contributed by atoms with van der Waals surface area (Å²) in [7, 11) is 3.41. The average molecular weight is 341 g/mol. The molecule has 0 radical (unpaired) electrons. The summed E-state index contributed by atoms with van der Waals surface area (Å²) in [4.78, 5) is 7.76. The van der Waals surface area contributed by atoms with E-state index in [0.29, 0.717) is 12.0 Å². The molecule has 1 fully saturated rings. The fraction of sp³-hybridized carbons (Fsp3) is 0.450. The Morgan fingerprint density at radius 1 is 1.04 bits per heavy atom. The van der Waals surface area contributed by atoms with E-state index in [0.717, 1.165) is 17.2 Å². The number of nitrogens with zero attached hydrogens (tertiary/aromatic N) is 1. The van der Waals surface area contributed by atoms with E-state index in [1.165, 1.54) is 46.6 Å². The highest BCUT2D eigenvalue weighted by Gasteiger charge is 2.34. The summed E-state index contributed by atoms with van der Waals surface area (Å²) in [5.74, 6) is 2.12. The molecule has 0 saturated heterocycles. The Kier molecular flexibility index (Phi) is 4.09. The molecule has 4 rings (SSSR count). The van der Waals surface area contributed by atoms with Gasteiger partial charge in [-0.15, -0.1) is 11.3 Å². The van der Waals surface area contributed by atoms with Crippen LogP contribution >= 0.6 is 11.3 Å². The number of hydrogen-bond donors (Lipinski definition) is 0. The fourth-order valence-electron chi connectivity index (χ4n) is 4.03. The summed E-state index contributed by atoms with van der Waals surface area (Å²) in [6.45, 7) is 2.15. The van der Waals surface area contributed by atoms with Crippen molar-refractivity contribution in [2.24, 2.45) is 4.99 Å². The van der Waals surface area contributed by atoms with Crippen LogP contribution in [-0.2, 0) is 0 Å². The van der Waals surface area contributed by atoms with Gasteiger partial charge in [-0.1, -0.05) is 12.8 Å². The third-order valence-electron chi connectivity index (χ3n) is 5.21. The van der Waals surface area contributed by atoms with Crippen LogP contribution < -0.4 is 9.47 Å². The van der Waals surface area contributed by atoms with Crippen LogP contribution in [0.25, 0.3) is 0 Å². The first kappa shape index (κ1) is 15.7. The molecule has 1 saturated carbocycles. The maximum Gasteiger partial charge on any atom is 0.161 e. The van der Waals surface area contributed by atoms with Crippen LogP contribution in [0.3, 0.4) is 0 Å². The second-order valence-corrected chi connectivity index (χ2v) is 7.93. The quantitative estimate of drug-likeness (QED) is 0.791. The number of hydrogen-bond acceptors (Lipinski definition) is 4. The molecule has 0 bridgehead atoms. The molecule has 1 aliphatic carbocycles. The zero-order valence-corrected chi connectivity index (χ0v) is 15.3. The minimum atomic E-state index is 0.404. The first-order valence-electron chi connectivity index (χ1n) is 8.62. The molecule has 1 aromatic heterocycles. The SMILES string of the molecule is COc1cc2c(cc1OC)[C@H]1CCCC[C@H]1N=C2c1ccc(C)s1. The van der Waals surface area contributed by atoms with Crippen LogP contribution in [0.5, 0.6) is 11.5 Å². The second-order valence-electron chi connectivity index (χ2n) is 6.64. The van der Waals surface area contributed by atoms with Crippen molar-refractivity contribution < 1.29 is 9.47 Å². The third-order valence-corrected chi connectivity index (χ3v) is 6.22. The van der Waals surface area contributed by atoms with Gasteiger partial charge in [-0.3, -0.25) is 4.99 Å². The van der Waals surface area contributed by atoms with E-state index in [4.69, 9.17) is 14.5 Å². The van der Waals surface area contributed by atoms with Crippen molar-refractivity contribution in [3.63, 3.8) is 0 Å². The summed E-state index contributed by atoms with van der Waals surface area (Å²) in [6, 6.07) is 9.08. The lowest BCUT2D eigenvalue weighted by molar-refractivity contribution is 0.349. The number of fused-ring (bicyclic) bond motifs is 3. The first-order valence-corrected chi connectivity index (χ1v) is 9.44. The summed E-state index contributed by atoms with van der Waals surface area (Å²) in [5.41, 5.74) is 3.73. The highest BCUT2D eigenvalue weighted by Crippen LogP contribution is 2.45. The minimum absolute atomic E-state index is 0.404. The van der Waals surface area contributed by atoms with E-state index in [9.17, 15) is 0 Å². The van der Waals surface area contributed by atoms with Gasteiger partial charge in [0.1, 0.15) is 0 Å². The summed E-state index contributed by atoms with van der Waals surface area (Å²) < 4.78 is 11.1. The zero-order valence-electron chi connectivity index (χ0n) is 14.5. The second kappa shape index (κ2) is 6.25. The highest BCUT2D eigenvalue weighted by molar-refractivity contribution is 7.14. The normalized spacial score (nSPS) is 22.4. The van der Waals surface area contributed by atoms with Crippen molar-refractivity contribution >= 4 is 17.0 Å². The Morgan fingerprint density at radius 3 is 2.50 bits per heavy atom. The van der Waals surface area contributed by atoms with Crippen molar-refractivity contribution in [3.05, 3.63) is 45.1 Å². The molecular formula is C20H23NO2S. The molecule has 2 aromatic rings. The lowest BCUT2D eigenvalue weighted by atomic mass is 9.75. The van der Waals surface area contributed by atoms with Crippen molar-refractivity contribution in [1.82, 2.24) is 0 Å². The minimum Gasteiger partial charge on any atom is -0.493 e. The smallest absolute Gasteiger partial charge is 0.161 e. The van der Waals surface area contributed by atoms with Crippen molar-refractivity contribution in [1.29, 1.82) is 0 Å². The van der Waals surface area contributed by atoms with Gasteiger partial charge in [-0.2, -0.15) is 0 Å². The van der Waals surface area contributed by atoms with Crippen LogP contribution in [0.4, 0.5) is 0 Å². The Labute approximate surface area is 147 Å². The molecule has 4 heteroatoms. The predicted molar refractivity (Wildman–Crippen MR) is 99.2 cm³/mol. The van der Waals surface area contributed by atoms with Gasteiger partial charge in [-0.25, -0.2) is 0 Å². The van der Waals surface area contributed by atoms with E-state index >= 15 is 0 Å². The summed E-state index contributed by atoms with van der Waals surface area (Å²) in [5, 5.41) is 0. The molecule has 126 valence electrons. The summed E-state index contributed by atoms with van der Waals surface area (Å²) in [6.07, 6.45) is 4.97. The monoisotopic (exact) mass is 341 g/mol. The van der Waals surface area contributed by atoms with Crippen molar-refractivity contribution in [2.45, 2.75) is 44.6 Å². The predicted octanol–water partition coefficient (Wildman–Crippen LogP) is 4.95. The van der Waals surface area contributed by atoms with Gasteiger partial charge in [-0.05, 0) is 49.6 Å². The zero-order chi connectivity index (χ0) is 16.7. The third kappa shape index (κ3) is 2.53. The van der Waals surface area contributed by atoms with E-state index < -0.39 is 0 Å². The van der Waals surface area contributed by atoms with Gasteiger partial charge in [0, 0.05) is 16.4 Å². The van der Waals surface area contributed by atoms with E-state index in [2.05, 4.69) is 31.2 Å². The molecular weight excluding hydrogens is 318 g/mol. The van der Waals surface area contributed by atoms with E-state index in [-0.39, 0.29) is 0 Å². The molecule has 24 heavy (non-hydrogen) atoms. The van der Waals surface area contributed by atoms with Gasteiger partial charge < -0.3 is 9.47 Å². The molecule has 0 unspecified atom stereocenters. The van der Waals surface area contributed by atoms with Gasteiger partial charge in [0.05, 0.1) is 30.9 Å². The number of aryl methyl sites for hydroxylation is 1. The van der Waals surface area contributed by atoms with Crippen molar-refractivity contribution in [3.8, 4) is 11.5 Å². The van der Waals surface area contributed by atoms with Gasteiger partial charge in [0.2, 0.25) is 0 Å². The van der Waals surface area contributed by atoms with Gasteiger partial charge in [0.25, 0.3) is 0 Å². The van der Waals surface area contributed by atoms with Crippen LogP contribution in [0, 0.1) is 6.92 Å². The topological polar surface area (TPSA) is 30.8 Å². The molecule has 1 aromatic carbocycles. The lowest BCUT2D eigenvalue weighted by Gasteiger charge is -2.35. The standard InChI is InChI=1S/C20H23NO2S/c1-12-8-9-19(24-12)20-15-11-18(23-3)17(22-2)10-14(15)13-6-4-5-7-16(13)21-20/h8-11,13,16H,4-7H2,1-3H3/t13-,16-/m1/s1. The van der Waals surface area contributed by atoms with E-state index in [1.54, 1.807) is 14.2 Å². The molecule has 2 heterocycles.